The minimum atomic E-state index is -0.987. The molecule has 0 aromatic heterocycles. The number of hydrogen-bond donors (Lipinski definition) is 3. The van der Waals surface area contributed by atoms with Gasteiger partial charge in [0.2, 0.25) is 5.91 Å². The van der Waals surface area contributed by atoms with Crippen LogP contribution in [0.1, 0.15) is 33.1 Å². The van der Waals surface area contributed by atoms with Crippen molar-refractivity contribution in [2.24, 2.45) is 5.92 Å². The van der Waals surface area contributed by atoms with Gasteiger partial charge in [0.25, 0.3) is 0 Å². The maximum Gasteiger partial charge on any atom is 0.326 e. The summed E-state index contributed by atoms with van der Waals surface area (Å²) in [6, 6.07) is -0.803. The zero-order valence-corrected chi connectivity index (χ0v) is 12.1. The third kappa shape index (κ3) is 9.44. The lowest BCUT2D eigenvalue weighted by Gasteiger charge is -2.17. The van der Waals surface area contributed by atoms with E-state index in [1.54, 1.807) is 0 Å². The van der Waals surface area contributed by atoms with Crippen molar-refractivity contribution in [2.45, 2.75) is 39.2 Å². The van der Waals surface area contributed by atoms with E-state index >= 15 is 0 Å². The highest BCUT2D eigenvalue weighted by Crippen LogP contribution is 2.05. The van der Waals surface area contributed by atoms with Crippen molar-refractivity contribution < 1.29 is 19.8 Å². The Morgan fingerprint density at radius 1 is 1.26 bits per heavy atom. The van der Waals surface area contributed by atoms with Crippen LogP contribution >= 0.6 is 0 Å². The topological polar surface area (TPSA) is 89.9 Å². The van der Waals surface area contributed by atoms with Gasteiger partial charge in [-0.3, -0.25) is 4.79 Å². The molecule has 0 heterocycles. The summed E-state index contributed by atoms with van der Waals surface area (Å²) >= 11 is 0. The number of carbonyl (C=O) groups is 2. The summed E-state index contributed by atoms with van der Waals surface area (Å²) in [5.41, 5.74) is 0. The highest BCUT2D eigenvalue weighted by molar-refractivity contribution is 5.83. The van der Waals surface area contributed by atoms with E-state index in [4.69, 9.17) is 10.2 Å². The Kier molecular flexibility index (Phi) is 9.16. The molecule has 0 spiro atoms. The molecule has 0 aliphatic rings. The van der Waals surface area contributed by atoms with E-state index in [0.717, 1.165) is 0 Å². The van der Waals surface area contributed by atoms with Gasteiger partial charge in [-0.2, -0.15) is 0 Å². The fourth-order valence-corrected chi connectivity index (χ4v) is 1.75. The number of aliphatic carboxylic acids is 1. The van der Waals surface area contributed by atoms with Crippen LogP contribution in [-0.4, -0.2) is 59.8 Å². The molecular formula is C13H26N2O4. The Hall–Kier alpha value is -1.14. The summed E-state index contributed by atoms with van der Waals surface area (Å²) < 4.78 is 0. The summed E-state index contributed by atoms with van der Waals surface area (Å²) in [6.45, 7) is 5.22. The lowest BCUT2D eigenvalue weighted by atomic mass is 10.0. The van der Waals surface area contributed by atoms with Gasteiger partial charge in [-0.1, -0.05) is 13.8 Å². The fraction of sp³-hybridized carbons (Fsp3) is 0.846. The highest BCUT2D eigenvalue weighted by Gasteiger charge is 2.20. The molecule has 6 heteroatoms. The van der Waals surface area contributed by atoms with Crippen molar-refractivity contribution in [3.8, 4) is 0 Å². The number of hydrogen-bond acceptors (Lipinski definition) is 4. The number of rotatable bonds is 10. The Balaban J connectivity index is 3.96. The molecule has 0 saturated heterocycles. The lowest BCUT2D eigenvalue weighted by molar-refractivity contribution is -0.142. The van der Waals surface area contributed by atoms with Gasteiger partial charge in [0, 0.05) is 13.0 Å². The third-order valence-corrected chi connectivity index (χ3v) is 2.77. The summed E-state index contributed by atoms with van der Waals surface area (Å²) in [4.78, 5) is 24.6. The number of aliphatic hydroxyl groups excluding tert-OH is 1. The lowest BCUT2D eigenvalue weighted by Crippen LogP contribution is -2.41. The molecule has 0 radical (unpaired) electrons. The van der Waals surface area contributed by atoms with Gasteiger partial charge in [0.05, 0.1) is 6.61 Å². The van der Waals surface area contributed by atoms with Crippen LogP contribution in [0.2, 0.25) is 0 Å². The van der Waals surface area contributed by atoms with Gasteiger partial charge < -0.3 is 20.4 Å². The molecule has 6 nitrogen and oxygen atoms in total. The Bertz CT molecular complexity index is 282. The molecule has 0 aromatic carbocycles. The molecule has 0 bridgehead atoms. The molecular weight excluding hydrogens is 248 g/mol. The van der Waals surface area contributed by atoms with Gasteiger partial charge >= 0.3 is 5.97 Å². The van der Waals surface area contributed by atoms with E-state index < -0.39 is 12.0 Å². The standard InChI is InChI=1S/C13H26N2O4/c1-10(2)9-11(13(18)19)14-12(17)5-4-6-15(3)7-8-16/h10-11,16H,4-9H2,1-3H3,(H,14,17)(H,18,19). The summed E-state index contributed by atoms with van der Waals surface area (Å²) in [6.07, 6.45) is 1.39. The largest absolute Gasteiger partial charge is 0.480 e. The van der Waals surface area contributed by atoms with Gasteiger partial charge in [-0.05, 0) is 32.4 Å². The van der Waals surface area contributed by atoms with Gasteiger partial charge in [0.15, 0.2) is 0 Å². The molecule has 0 aromatic rings. The van der Waals surface area contributed by atoms with Gasteiger partial charge in [-0.25, -0.2) is 4.79 Å². The summed E-state index contributed by atoms with van der Waals surface area (Å²) in [5, 5.41) is 20.3. The monoisotopic (exact) mass is 274 g/mol. The molecule has 112 valence electrons. The van der Waals surface area contributed by atoms with Crippen molar-refractivity contribution in [1.29, 1.82) is 0 Å². The van der Waals surface area contributed by atoms with E-state index in [9.17, 15) is 9.59 Å². The average molecular weight is 274 g/mol. The van der Waals surface area contributed by atoms with Crippen LogP contribution in [0.5, 0.6) is 0 Å². The van der Waals surface area contributed by atoms with E-state index in [-0.39, 0.29) is 18.4 Å². The van der Waals surface area contributed by atoms with Crippen molar-refractivity contribution in [3.63, 3.8) is 0 Å². The average Bonchev–Trinajstić information content (AvgIpc) is 2.27. The first-order valence-electron chi connectivity index (χ1n) is 6.68. The number of nitrogens with zero attached hydrogens (tertiary/aromatic N) is 1. The molecule has 0 aliphatic carbocycles. The summed E-state index contributed by atoms with van der Waals surface area (Å²) in [7, 11) is 1.87. The van der Waals surface area contributed by atoms with Gasteiger partial charge in [-0.15, -0.1) is 0 Å². The minimum absolute atomic E-state index is 0.0954. The van der Waals surface area contributed by atoms with Gasteiger partial charge in [0.1, 0.15) is 6.04 Å². The van der Waals surface area contributed by atoms with E-state index in [1.165, 1.54) is 0 Å². The first kappa shape index (κ1) is 17.9. The van der Waals surface area contributed by atoms with Crippen molar-refractivity contribution >= 4 is 11.9 Å². The predicted octanol–water partition coefficient (Wildman–Crippen LogP) is 0.306. The predicted molar refractivity (Wildman–Crippen MR) is 72.8 cm³/mol. The van der Waals surface area contributed by atoms with E-state index in [0.29, 0.717) is 32.4 Å². The maximum atomic E-state index is 11.6. The number of carboxylic acid groups (broad SMARTS) is 1. The molecule has 0 saturated carbocycles. The number of amides is 1. The first-order chi connectivity index (χ1) is 8.86. The van der Waals surface area contributed by atoms with Crippen molar-refractivity contribution in [3.05, 3.63) is 0 Å². The number of carboxylic acids is 1. The van der Waals surface area contributed by atoms with Crippen LogP contribution in [-0.2, 0) is 9.59 Å². The van der Waals surface area contributed by atoms with Crippen LogP contribution in [0.15, 0.2) is 0 Å². The fourth-order valence-electron chi connectivity index (χ4n) is 1.75. The first-order valence-corrected chi connectivity index (χ1v) is 6.68. The quantitative estimate of drug-likeness (QED) is 0.533. The van der Waals surface area contributed by atoms with Crippen LogP contribution in [0.4, 0.5) is 0 Å². The SMILES string of the molecule is CC(C)CC(NC(=O)CCCN(C)CCO)C(=O)O. The third-order valence-electron chi connectivity index (χ3n) is 2.77. The Morgan fingerprint density at radius 3 is 2.37 bits per heavy atom. The smallest absolute Gasteiger partial charge is 0.326 e. The molecule has 1 amide bonds. The molecule has 3 N–H and O–H groups in total. The van der Waals surface area contributed by atoms with Crippen molar-refractivity contribution in [2.75, 3.05) is 26.7 Å². The van der Waals surface area contributed by atoms with Crippen LogP contribution in [0, 0.1) is 5.92 Å². The molecule has 1 unspecified atom stereocenters. The number of likely N-dealkylation sites (N-methyl/N-ethyl adjacent to an activating group) is 1. The second kappa shape index (κ2) is 9.75. The van der Waals surface area contributed by atoms with Crippen LogP contribution in [0.3, 0.4) is 0 Å². The second-order valence-electron chi connectivity index (χ2n) is 5.22. The Labute approximate surface area is 114 Å². The maximum absolute atomic E-state index is 11.6. The number of aliphatic hydroxyl groups is 1. The van der Waals surface area contributed by atoms with Crippen LogP contribution in [0.25, 0.3) is 0 Å². The molecule has 1 atom stereocenters. The molecule has 0 rings (SSSR count). The molecule has 0 fully saturated rings. The second-order valence-corrected chi connectivity index (χ2v) is 5.22. The zero-order chi connectivity index (χ0) is 14.8. The van der Waals surface area contributed by atoms with Crippen LogP contribution < -0.4 is 5.32 Å². The number of nitrogens with one attached hydrogen (secondary N) is 1. The summed E-state index contributed by atoms with van der Waals surface area (Å²) in [5.74, 6) is -0.998. The van der Waals surface area contributed by atoms with E-state index in [2.05, 4.69) is 5.32 Å². The molecule has 0 aliphatic heterocycles. The number of carbonyl (C=O) groups excluding carboxylic acids is 1. The van der Waals surface area contributed by atoms with Crippen molar-refractivity contribution in [1.82, 2.24) is 10.2 Å². The normalized spacial score (nSPS) is 12.7. The van der Waals surface area contributed by atoms with E-state index in [1.807, 2.05) is 25.8 Å². The minimum Gasteiger partial charge on any atom is -0.480 e. The molecule has 19 heavy (non-hydrogen) atoms. The Morgan fingerprint density at radius 2 is 1.89 bits per heavy atom. The highest BCUT2D eigenvalue weighted by atomic mass is 16.4. The zero-order valence-electron chi connectivity index (χ0n) is 12.1.